The van der Waals surface area contributed by atoms with Gasteiger partial charge in [0.2, 0.25) is 11.0 Å². The molecule has 9 nitrogen and oxygen atoms in total. The minimum Gasteiger partial charge on any atom is -0.465 e. The highest BCUT2D eigenvalue weighted by molar-refractivity contribution is 8.00. The van der Waals surface area contributed by atoms with Crippen molar-refractivity contribution in [1.29, 1.82) is 0 Å². The van der Waals surface area contributed by atoms with Gasteiger partial charge in [0.1, 0.15) is 9.88 Å². The molecule has 2 heterocycles. The summed E-state index contributed by atoms with van der Waals surface area (Å²) in [5, 5.41) is 8.97. The lowest BCUT2D eigenvalue weighted by Crippen LogP contribution is -2.30. The van der Waals surface area contributed by atoms with Crippen LogP contribution in [-0.2, 0) is 20.0 Å². The Morgan fingerprint density at radius 3 is 2.43 bits per heavy atom. The predicted octanol–water partition coefficient (Wildman–Crippen LogP) is 2.56. The molecule has 1 aliphatic rings. The maximum Gasteiger partial charge on any atom is 0.348 e. The molecule has 150 valence electrons. The fourth-order valence-electron chi connectivity index (χ4n) is 2.58. The maximum absolute atomic E-state index is 12.1. The summed E-state index contributed by atoms with van der Waals surface area (Å²) in [6, 6.07) is 0.192. The van der Waals surface area contributed by atoms with E-state index in [1.807, 2.05) is 0 Å². The number of amides is 1. The molecule has 0 atom stereocenters. The molecule has 0 spiro atoms. The molecule has 2 aromatic rings. The lowest BCUT2D eigenvalue weighted by Gasteiger charge is -2.15. The first-order valence-corrected chi connectivity index (χ1v) is 10.8. The van der Waals surface area contributed by atoms with Crippen LogP contribution in [-0.4, -0.2) is 48.3 Å². The van der Waals surface area contributed by atoms with Crippen LogP contribution in [0.4, 0.5) is 10.1 Å². The Bertz CT molecular complexity index is 922. The molecule has 2 aromatic heterocycles. The summed E-state index contributed by atoms with van der Waals surface area (Å²) in [5.41, 5.74) is 6.53. The van der Waals surface area contributed by atoms with Gasteiger partial charge in [-0.1, -0.05) is 23.1 Å². The number of nitrogens with zero attached hydrogens (tertiary/aromatic N) is 3. The fourth-order valence-corrected chi connectivity index (χ4v) is 5.65. The zero-order valence-corrected chi connectivity index (χ0v) is 17.8. The van der Waals surface area contributed by atoms with E-state index >= 15 is 0 Å². The van der Waals surface area contributed by atoms with Crippen LogP contribution in [0.1, 0.15) is 45.4 Å². The summed E-state index contributed by atoms with van der Waals surface area (Å²) in [7, 11) is 2.51. The number of ether oxygens (including phenoxy) is 2. The number of anilines is 2. The van der Waals surface area contributed by atoms with Crippen LogP contribution in [0.15, 0.2) is 4.34 Å². The van der Waals surface area contributed by atoms with Gasteiger partial charge < -0.3 is 15.2 Å². The number of hydrogen-bond donors (Lipinski definition) is 1. The van der Waals surface area contributed by atoms with Gasteiger partial charge in [0, 0.05) is 24.3 Å². The summed E-state index contributed by atoms with van der Waals surface area (Å²) >= 11 is 3.57. The number of thiophene rings is 1. The fraction of sp³-hybridized carbons (Fsp3) is 0.438. The number of rotatable bonds is 7. The van der Waals surface area contributed by atoms with E-state index in [0.717, 1.165) is 24.2 Å². The van der Waals surface area contributed by atoms with Gasteiger partial charge in [-0.25, -0.2) is 9.59 Å². The topological polar surface area (TPSA) is 125 Å². The van der Waals surface area contributed by atoms with Gasteiger partial charge >= 0.3 is 11.9 Å². The lowest BCUT2D eigenvalue weighted by atomic mass is 10.1. The van der Waals surface area contributed by atoms with E-state index < -0.39 is 11.9 Å². The van der Waals surface area contributed by atoms with Crippen LogP contribution in [0.2, 0.25) is 0 Å². The van der Waals surface area contributed by atoms with Crippen LogP contribution in [0.25, 0.3) is 0 Å². The highest BCUT2D eigenvalue weighted by Gasteiger charge is 2.34. The van der Waals surface area contributed by atoms with E-state index in [1.54, 1.807) is 4.90 Å². The first-order valence-electron chi connectivity index (χ1n) is 8.21. The van der Waals surface area contributed by atoms with Crippen molar-refractivity contribution in [3.63, 3.8) is 0 Å². The van der Waals surface area contributed by atoms with E-state index in [0.29, 0.717) is 15.0 Å². The Morgan fingerprint density at radius 2 is 1.86 bits per heavy atom. The molecule has 28 heavy (non-hydrogen) atoms. The van der Waals surface area contributed by atoms with Crippen LogP contribution in [0.5, 0.6) is 0 Å². The van der Waals surface area contributed by atoms with E-state index in [9.17, 15) is 14.4 Å². The molecule has 0 unspecified atom stereocenters. The summed E-state index contributed by atoms with van der Waals surface area (Å²) < 4.78 is 10.2. The normalized spacial score (nSPS) is 13.2. The van der Waals surface area contributed by atoms with Crippen molar-refractivity contribution >= 4 is 62.4 Å². The number of hydrogen-bond acceptors (Lipinski definition) is 11. The second kappa shape index (κ2) is 8.45. The monoisotopic (exact) mass is 442 g/mol. The third kappa shape index (κ3) is 4.13. The van der Waals surface area contributed by atoms with Crippen molar-refractivity contribution in [1.82, 2.24) is 10.2 Å². The van der Waals surface area contributed by atoms with Gasteiger partial charge in [-0.3, -0.25) is 9.69 Å². The SMILES string of the molecule is COC(=O)c1sc(N)c(C(=O)OC)c1CSc1nnc(N(C(C)=O)C2CC2)s1. The van der Waals surface area contributed by atoms with E-state index in [1.165, 1.54) is 44.2 Å². The first-order chi connectivity index (χ1) is 13.4. The van der Waals surface area contributed by atoms with Crippen molar-refractivity contribution in [3.05, 3.63) is 16.0 Å². The van der Waals surface area contributed by atoms with Gasteiger partial charge in [0.05, 0.1) is 19.8 Å². The van der Waals surface area contributed by atoms with Crippen LogP contribution in [0, 0.1) is 0 Å². The molecule has 1 fully saturated rings. The van der Waals surface area contributed by atoms with Gasteiger partial charge in [0.25, 0.3) is 0 Å². The first kappa shape index (κ1) is 20.6. The molecule has 12 heteroatoms. The number of esters is 2. The Balaban J connectivity index is 1.83. The van der Waals surface area contributed by atoms with E-state index in [-0.39, 0.29) is 33.1 Å². The Kier molecular flexibility index (Phi) is 6.20. The summed E-state index contributed by atoms with van der Waals surface area (Å²) in [6.45, 7) is 1.51. The number of nitrogen functional groups attached to an aromatic ring is 1. The number of methoxy groups -OCH3 is 2. The molecule has 1 saturated carbocycles. The molecule has 0 bridgehead atoms. The Labute approximate surface area is 173 Å². The minimum absolute atomic E-state index is 0.0678. The van der Waals surface area contributed by atoms with Crippen molar-refractivity contribution in [2.75, 3.05) is 24.9 Å². The largest absolute Gasteiger partial charge is 0.465 e. The number of aromatic nitrogens is 2. The summed E-state index contributed by atoms with van der Waals surface area (Å²) in [5.74, 6) is -1.01. The molecule has 0 radical (unpaired) electrons. The van der Waals surface area contributed by atoms with Crippen LogP contribution < -0.4 is 10.6 Å². The zero-order chi connectivity index (χ0) is 20.4. The van der Waals surface area contributed by atoms with Gasteiger partial charge in [-0.05, 0) is 12.8 Å². The molecule has 0 aliphatic heterocycles. The number of carbonyl (C=O) groups excluding carboxylic acids is 3. The second-order valence-electron chi connectivity index (χ2n) is 5.89. The quantitative estimate of drug-likeness (QED) is 0.391. The Hall–Kier alpha value is -2.18. The van der Waals surface area contributed by atoms with Crippen molar-refractivity contribution < 1.29 is 23.9 Å². The average Bonchev–Trinajstić information content (AvgIpc) is 3.28. The van der Waals surface area contributed by atoms with Crippen LogP contribution >= 0.6 is 34.4 Å². The standard InChI is InChI=1S/C16H18N4O5S3/c1-7(21)20(8-4-5-8)15-18-19-16(28-15)26-6-9-10(13(22)24-2)12(17)27-11(9)14(23)25-3/h8H,4-6,17H2,1-3H3. The summed E-state index contributed by atoms with van der Waals surface area (Å²) in [4.78, 5) is 38.0. The molecule has 0 saturated heterocycles. The van der Waals surface area contributed by atoms with E-state index in [2.05, 4.69) is 10.2 Å². The number of carbonyl (C=O) groups is 3. The average molecular weight is 443 g/mol. The van der Waals surface area contributed by atoms with Crippen molar-refractivity contribution in [3.8, 4) is 0 Å². The van der Waals surface area contributed by atoms with Gasteiger partial charge in [0.15, 0.2) is 4.34 Å². The van der Waals surface area contributed by atoms with E-state index in [4.69, 9.17) is 15.2 Å². The van der Waals surface area contributed by atoms with Crippen LogP contribution in [0.3, 0.4) is 0 Å². The highest BCUT2D eigenvalue weighted by atomic mass is 32.2. The molecule has 1 aliphatic carbocycles. The predicted molar refractivity (Wildman–Crippen MR) is 107 cm³/mol. The molecule has 2 N–H and O–H groups in total. The smallest absolute Gasteiger partial charge is 0.348 e. The lowest BCUT2D eigenvalue weighted by molar-refractivity contribution is -0.116. The molecule has 1 amide bonds. The third-order valence-electron chi connectivity index (χ3n) is 3.99. The molecule has 0 aromatic carbocycles. The van der Waals surface area contributed by atoms with Gasteiger partial charge in [-0.15, -0.1) is 21.5 Å². The second-order valence-corrected chi connectivity index (χ2v) is 9.12. The Morgan fingerprint density at radius 1 is 1.18 bits per heavy atom. The third-order valence-corrected chi connectivity index (χ3v) is 7.11. The van der Waals surface area contributed by atoms with Gasteiger partial charge in [-0.2, -0.15) is 0 Å². The number of thioether (sulfide) groups is 1. The highest BCUT2D eigenvalue weighted by Crippen LogP contribution is 2.39. The molecular weight excluding hydrogens is 424 g/mol. The van der Waals surface area contributed by atoms with Crippen molar-refractivity contribution in [2.24, 2.45) is 0 Å². The summed E-state index contributed by atoms with van der Waals surface area (Å²) in [6.07, 6.45) is 1.92. The zero-order valence-electron chi connectivity index (χ0n) is 15.4. The number of nitrogens with two attached hydrogens (primary N) is 1. The minimum atomic E-state index is -0.617. The maximum atomic E-state index is 12.1. The van der Waals surface area contributed by atoms with Crippen molar-refractivity contribution in [2.45, 2.75) is 35.9 Å². The molecular formula is C16H18N4O5S3. The molecule has 3 rings (SSSR count).